The van der Waals surface area contributed by atoms with Crippen molar-refractivity contribution in [3.8, 4) is 11.5 Å². The normalized spacial score (nSPS) is 21.2. The molecule has 0 unspecified atom stereocenters. The van der Waals surface area contributed by atoms with Crippen LogP contribution in [0.1, 0.15) is 48.9 Å². The maximum Gasteiger partial charge on any atom is 0.308 e. The minimum absolute atomic E-state index is 0.156. The predicted molar refractivity (Wildman–Crippen MR) is 92.1 cm³/mol. The molecule has 6 nitrogen and oxygen atoms in total. The van der Waals surface area contributed by atoms with Gasteiger partial charge in [-0.1, -0.05) is 0 Å². The summed E-state index contributed by atoms with van der Waals surface area (Å²) in [4.78, 5) is 25.5. The minimum Gasteiger partial charge on any atom is -0.493 e. The number of carbonyl (C=O) groups excluding carboxylic acids is 1. The molecule has 1 amide bonds. The number of nitrogens with zero attached hydrogens (tertiary/aromatic N) is 1. The predicted octanol–water partition coefficient (Wildman–Crippen LogP) is 2.95. The van der Waals surface area contributed by atoms with Crippen LogP contribution in [0.3, 0.4) is 0 Å². The zero-order valence-electron chi connectivity index (χ0n) is 14.6. The molecule has 3 rings (SSSR count). The van der Waals surface area contributed by atoms with Gasteiger partial charge in [0, 0.05) is 18.7 Å². The van der Waals surface area contributed by atoms with Crippen molar-refractivity contribution in [1.29, 1.82) is 0 Å². The molecule has 1 aliphatic heterocycles. The Balaban J connectivity index is 1.73. The van der Waals surface area contributed by atoms with Gasteiger partial charge < -0.3 is 19.5 Å². The molecule has 1 aromatic carbocycles. The third-order valence-corrected chi connectivity index (χ3v) is 5.06. The third kappa shape index (κ3) is 4.06. The summed E-state index contributed by atoms with van der Waals surface area (Å²) in [7, 11) is 1.56. The van der Waals surface area contributed by atoms with Crippen LogP contribution in [-0.2, 0) is 4.79 Å². The Bertz CT molecular complexity index is 639. The summed E-state index contributed by atoms with van der Waals surface area (Å²) in [5, 5.41) is 9.19. The number of hydrogen-bond acceptors (Lipinski definition) is 4. The molecule has 0 radical (unpaired) electrons. The second-order valence-electron chi connectivity index (χ2n) is 6.82. The van der Waals surface area contributed by atoms with Gasteiger partial charge in [0.05, 0.1) is 19.1 Å². The van der Waals surface area contributed by atoms with Gasteiger partial charge in [-0.3, -0.25) is 9.59 Å². The SMILES string of the molecule is COc1cc(C(=O)N2CCC[C@H](C(=O)O)C2)ccc1OC1CCCC1. The van der Waals surface area contributed by atoms with E-state index in [2.05, 4.69) is 0 Å². The van der Waals surface area contributed by atoms with Crippen LogP contribution in [0.25, 0.3) is 0 Å². The molecule has 0 aromatic heterocycles. The molecule has 0 spiro atoms. The number of aliphatic carboxylic acids is 1. The highest BCUT2D eigenvalue weighted by Gasteiger charge is 2.29. The number of amides is 1. The lowest BCUT2D eigenvalue weighted by molar-refractivity contribution is -0.143. The van der Waals surface area contributed by atoms with E-state index in [0.717, 1.165) is 12.8 Å². The van der Waals surface area contributed by atoms with Gasteiger partial charge in [0.15, 0.2) is 11.5 Å². The van der Waals surface area contributed by atoms with E-state index in [9.17, 15) is 14.7 Å². The molecule has 2 aliphatic rings. The zero-order valence-corrected chi connectivity index (χ0v) is 14.6. The van der Waals surface area contributed by atoms with Gasteiger partial charge in [-0.05, 0) is 56.7 Å². The van der Waals surface area contributed by atoms with Gasteiger partial charge in [-0.15, -0.1) is 0 Å². The van der Waals surface area contributed by atoms with E-state index < -0.39 is 11.9 Å². The number of ether oxygens (including phenoxy) is 2. The van der Waals surface area contributed by atoms with Crippen LogP contribution in [0.5, 0.6) is 11.5 Å². The molecule has 6 heteroatoms. The number of benzene rings is 1. The Kier molecular flexibility index (Phi) is 5.46. The van der Waals surface area contributed by atoms with Gasteiger partial charge in [0.25, 0.3) is 5.91 Å². The molecule has 2 fully saturated rings. The maximum absolute atomic E-state index is 12.7. The number of carbonyl (C=O) groups is 2. The first-order valence-corrected chi connectivity index (χ1v) is 8.95. The molecular weight excluding hydrogens is 322 g/mol. The highest BCUT2D eigenvalue weighted by Crippen LogP contribution is 2.33. The number of piperidine rings is 1. The summed E-state index contributed by atoms with van der Waals surface area (Å²) < 4.78 is 11.4. The average Bonchev–Trinajstić information content (AvgIpc) is 3.14. The zero-order chi connectivity index (χ0) is 17.8. The third-order valence-electron chi connectivity index (χ3n) is 5.06. The van der Waals surface area contributed by atoms with Crippen molar-refractivity contribution in [3.05, 3.63) is 23.8 Å². The lowest BCUT2D eigenvalue weighted by Crippen LogP contribution is -2.42. The van der Waals surface area contributed by atoms with E-state index in [1.807, 2.05) is 0 Å². The lowest BCUT2D eigenvalue weighted by Gasteiger charge is -2.31. The standard InChI is InChI=1S/C19H25NO5/c1-24-17-11-13(8-9-16(17)25-15-6-2-3-7-15)18(21)20-10-4-5-14(12-20)19(22)23/h8-9,11,14-15H,2-7,10,12H2,1H3,(H,22,23)/t14-/m0/s1. The average molecular weight is 347 g/mol. The van der Waals surface area contributed by atoms with E-state index in [4.69, 9.17) is 9.47 Å². The van der Waals surface area contributed by atoms with Crippen molar-refractivity contribution < 1.29 is 24.2 Å². The Hall–Kier alpha value is -2.24. The van der Waals surface area contributed by atoms with E-state index >= 15 is 0 Å². The molecular formula is C19H25NO5. The maximum atomic E-state index is 12.7. The topological polar surface area (TPSA) is 76.1 Å². The van der Waals surface area contributed by atoms with Gasteiger partial charge in [0.1, 0.15) is 0 Å². The molecule has 1 aromatic rings. The Labute approximate surface area is 147 Å². The summed E-state index contributed by atoms with van der Waals surface area (Å²) in [6.07, 6.45) is 6.02. The lowest BCUT2D eigenvalue weighted by atomic mass is 9.97. The van der Waals surface area contributed by atoms with Crippen LogP contribution in [0.15, 0.2) is 18.2 Å². The second kappa shape index (κ2) is 7.76. The molecule has 1 heterocycles. The Morgan fingerprint density at radius 2 is 1.88 bits per heavy atom. The fourth-order valence-corrected chi connectivity index (χ4v) is 3.63. The molecule has 1 N–H and O–H groups in total. The highest BCUT2D eigenvalue weighted by molar-refractivity contribution is 5.95. The molecule has 1 saturated heterocycles. The molecule has 136 valence electrons. The van der Waals surface area contributed by atoms with Gasteiger partial charge in [-0.2, -0.15) is 0 Å². The number of carboxylic acid groups (broad SMARTS) is 1. The summed E-state index contributed by atoms with van der Waals surface area (Å²) >= 11 is 0. The molecule has 1 aliphatic carbocycles. The van der Waals surface area contributed by atoms with Crippen molar-refractivity contribution in [2.75, 3.05) is 20.2 Å². The number of carboxylic acids is 1. The summed E-state index contributed by atoms with van der Waals surface area (Å²) in [6.45, 7) is 0.849. The van der Waals surface area contributed by atoms with Crippen LogP contribution >= 0.6 is 0 Å². The number of likely N-dealkylation sites (tertiary alicyclic amines) is 1. The van der Waals surface area contributed by atoms with Crippen LogP contribution in [0.2, 0.25) is 0 Å². The first-order valence-electron chi connectivity index (χ1n) is 8.95. The van der Waals surface area contributed by atoms with Crippen molar-refractivity contribution in [2.24, 2.45) is 5.92 Å². The van der Waals surface area contributed by atoms with E-state index in [0.29, 0.717) is 36.4 Å². The van der Waals surface area contributed by atoms with Crippen molar-refractivity contribution in [3.63, 3.8) is 0 Å². The van der Waals surface area contributed by atoms with Gasteiger partial charge >= 0.3 is 5.97 Å². The smallest absolute Gasteiger partial charge is 0.308 e. The first kappa shape index (κ1) is 17.6. The summed E-state index contributed by atoms with van der Waals surface area (Å²) in [5.41, 5.74) is 0.502. The Morgan fingerprint density at radius 1 is 1.12 bits per heavy atom. The van der Waals surface area contributed by atoms with E-state index in [1.54, 1.807) is 30.2 Å². The van der Waals surface area contributed by atoms with Gasteiger partial charge in [0.2, 0.25) is 0 Å². The van der Waals surface area contributed by atoms with E-state index in [1.165, 1.54) is 12.8 Å². The number of rotatable bonds is 5. The second-order valence-corrected chi connectivity index (χ2v) is 6.82. The first-order chi connectivity index (χ1) is 12.1. The van der Waals surface area contributed by atoms with Crippen molar-refractivity contribution in [1.82, 2.24) is 4.90 Å². The minimum atomic E-state index is -0.838. The molecule has 25 heavy (non-hydrogen) atoms. The van der Waals surface area contributed by atoms with Crippen molar-refractivity contribution >= 4 is 11.9 Å². The van der Waals surface area contributed by atoms with Crippen LogP contribution in [0.4, 0.5) is 0 Å². The summed E-state index contributed by atoms with van der Waals surface area (Å²) in [6, 6.07) is 5.21. The molecule has 1 saturated carbocycles. The fourth-order valence-electron chi connectivity index (χ4n) is 3.63. The van der Waals surface area contributed by atoms with Gasteiger partial charge in [-0.25, -0.2) is 0 Å². The Morgan fingerprint density at radius 3 is 2.56 bits per heavy atom. The van der Waals surface area contributed by atoms with E-state index in [-0.39, 0.29) is 18.6 Å². The number of hydrogen-bond donors (Lipinski definition) is 1. The largest absolute Gasteiger partial charge is 0.493 e. The monoisotopic (exact) mass is 347 g/mol. The molecule has 0 bridgehead atoms. The number of methoxy groups -OCH3 is 1. The molecule has 1 atom stereocenters. The van der Waals surface area contributed by atoms with Crippen LogP contribution in [0, 0.1) is 5.92 Å². The summed E-state index contributed by atoms with van der Waals surface area (Å²) in [5.74, 6) is -0.269. The fraction of sp³-hybridized carbons (Fsp3) is 0.579. The van der Waals surface area contributed by atoms with Crippen LogP contribution < -0.4 is 9.47 Å². The quantitative estimate of drug-likeness (QED) is 0.886. The van der Waals surface area contributed by atoms with Crippen LogP contribution in [-0.4, -0.2) is 48.2 Å². The van der Waals surface area contributed by atoms with Crippen molar-refractivity contribution in [2.45, 2.75) is 44.6 Å². The highest BCUT2D eigenvalue weighted by atomic mass is 16.5.